The normalized spacial score (nSPS) is 15.0. The summed E-state index contributed by atoms with van der Waals surface area (Å²) >= 11 is 0. The molecule has 0 atom stereocenters. The average molecular weight is 1040 g/mol. The molecule has 4 aromatic heterocycles. The van der Waals surface area contributed by atoms with Crippen LogP contribution in [0, 0.1) is 0 Å². The minimum atomic E-state index is -0.653. The first kappa shape index (κ1) is 60.1. The molecule has 1 aliphatic rings. The number of carbonyl (C=O) groups excluding carboxylic acids is 4. The maximum atomic E-state index is 13.8. The van der Waals surface area contributed by atoms with Gasteiger partial charge in [-0.2, -0.15) is 0 Å². The van der Waals surface area contributed by atoms with Gasteiger partial charge in [0.25, 0.3) is 0 Å². The highest BCUT2D eigenvalue weighted by Gasteiger charge is 2.24. The Morgan fingerprint density at radius 1 is 0.453 bits per heavy atom. The van der Waals surface area contributed by atoms with Crippen molar-refractivity contribution in [2.24, 2.45) is 0 Å². The summed E-state index contributed by atoms with van der Waals surface area (Å²) in [4.78, 5) is 85.3. The summed E-state index contributed by atoms with van der Waals surface area (Å²) in [6.45, 7) is 21.7. The van der Waals surface area contributed by atoms with Crippen LogP contribution in [0.25, 0.3) is 0 Å². The van der Waals surface area contributed by atoms with E-state index in [0.717, 1.165) is 74.6 Å². The summed E-state index contributed by atoms with van der Waals surface area (Å²) in [5.41, 5.74) is 2.83. The van der Waals surface area contributed by atoms with Gasteiger partial charge in [0, 0.05) is 185 Å². The van der Waals surface area contributed by atoms with Crippen LogP contribution in [0.4, 0.5) is 0 Å². The molecule has 18 heteroatoms. The topological polar surface area (TPSA) is 182 Å². The van der Waals surface area contributed by atoms with Gasteiger partial charge in [-0.3, -0.25) is 53.8 Å². The van der Waals surface area contributed by atoms with Gasteiger partial charge in [0.15, 0.2) is 0 Å². The molecule has 0 unspecified atom stereocenters. The minimum absolute atomic E-state index is 0.0685. The molecule has 0 spiro atoms. The molecule has 75 heavy (non-hydrogen) atoms. The van der Waals surface area contributed by atoms with E-state index in [2.05, 4.69) is 60.0 Å². The maximum Gasteiger partial charge on any atom is 0.320 e. The smallest absolute Gasteiger partial charge is 0.320 e. The Morgan fingerprint density at radius 2 is 0.773 bits per heavy atom. The number of carbonyl (C=O) groups is 4. The van der Waals surface area contributed by atoms with Crippen LogP contribution in [-0.4, -0.2) is 215 Å². The number of aromatic nitrogens is 4. The summed E-state index contributed by atoms with van der Waals surface area (Å²) in [6.07, 6.45) is 10.6. The van der Waals surface area contributed by atoms with E-state index in [1.165, 1.54) is 0 Å². The van der Waals surface area contributed by atoms with Gasteiger partial charge < -0.3 is 34.8 Å². The molecule has 5 rings (SSSR count). The number of esters is 2. The zero-order chi connectivity index (χ0) is 53.7. The molecule has 2 N–H and O–H groups in total. The quantitative estimate of drug-likeness (QED) is 0.0826. The van der Waals surface area contributed by atoms with Crippen LogP contribution in [0.15, 0.2) is 97.6 Å². The number of hydrogen-bond acceptors (Lipinski definition) is 16. The Morgan fingerprint density at radius 3 is 1.09 bits per heavy atom. The van der Waals surface area contributed by atoms with E-state index in [1.807, 2.05) is 139 Å². The first-order chi connectivity index (χ1) is 36.0. The van der Waals surface area contributed by atoms with E-state index in [-0.39, 0.29) is 49.8 Å². The number of pyridine rings is 4. The van der Waals surface area contributed by atoms with Crippen LogP contribution in [0.5, 0.6) is 0 Å². The van der Waals surface area contributed by atoms with Crippen molar-refractivity contribution in [1.82, 2.24) is 60.0 Å². The summed E-state index contributed by atoms with van der Waals surface area (Å²) < 4.78 is 11.5. The second-order valence-electron chi connectivity index (χ2n) is 21.3. The number of nitrogens with one attached hydrogen (secondary N) is 2. The van der Waals surface area contributed by atoms with Crippen LogP contribution in [0.1, 0.15) is 70.7 Å². The first-order valence-electron chi connectivity index (χ1n) is 26.9. The predicted molar refractivity (Wildman–Crippen MR) is 293 cm³/mol. The van der Waals surface area contributed by atoms with Crippen molar-refractivity contribution in [3.8, 4) is 0 Å². The zero-order valence-corrected chi connectivity index (χ0v) is 45.8. The third-order valence-corrected chi connectivity index (χ3v) is 12.6. The van der Waals surface area contributed by atoms with Gasteiger partial charge >= 0.3 is 11.9 Å². The Bertz CT molecular complexity index is 2020. The fourth-order valence-electron chi connectivity index (χ4n) is 8.65. The van der Waals surface area contributed by atoms with E-state index in [0.29, 0.717) is 85.1 Å². The standard InChI is InChI=1S/C57H86N12O6/c1-56(2,3)74-54(72)23-34-66-37-39-67(45-52(70)62-28-35-64(30-19-48-15-7-11-24-58-48)31-20-49-16-8-12-25-59-49)41-43-69(47-55(73)75-57(4,5)6)44-42-68(40-38-66)46-53(71)63-29-36-65(32-21-50-17-9-13-26-60-50)33-22-51-18-10-14-27-61-51/h7-18,24-27H,19-23,28-47H2,1-6H3,(H,62,70)(H,63,71). The van der Waals surface area contributed by atoms with Gasteiger partial charge in [-0.15, -0.1) is 0 Å². The molecular weight excluding hydrogens is 949 g/mol. The van der Waals surface area contributed by atoms with Crippen LogP contribution in [0.3, 0.4) is 0 Å². The van der Waals surface area contributed by atoms with Crippen LogP contribution >= 0.6 is 0 Å². The van der Waals surface area contributed by atoms with Crippen molar-refractivity contribution in [2.75, 3.05) is 131 Å². The molecule has 0 aliphatic carbocycles. The highest BCUT2D eigenvalue weighted by Crippen LogP contribution is 2.11. The van der Waals surface area contributed by atoms with E-state index in [9.17, 15) is 19.2 Å². The monoisotopic (exact) mass is 1030 g/mol. The number of amides is 2. The van der Waals surface area contributed by atoms with Gasteiger partial charge in [0.2, 0.25) is 11.8 Å². The third-order valence-electron chi connectivity index (χ3n) is 12.6. The lowest BCUT2D eigenvalue weighted by atomic mass is 10.2. The molecule has 1 fully saturated rings. The first-order valence-corrected chi connectivity index (χ1v) is 26.9. The molecule has 0 aromatic carbocycles. The minimum Gasteiger partial charge on any atom is -0.460 e. The molecule has 18 nitrogen and oxygen atoms in total. The second-order valence-corrected chi connectivity index (χ2v) is 21.3. The fourth-order valence-corrected chi connectivity index (χ4v) is 8.65. The Balaban J connectivity index is 1.23. The summed E-state index contributed by atoms with van der Waals surface area (Å²) in [6, 6.07) is 23.8. The highest BCUT2D eigenvalue weighted by molar-refractivity contribution is 5.78. The van der Waals surface area contributed by atoms with Crippen LogP contribution < -0.4 is 10.6 Å². The summed E-state index contributed by atoms with van der Waals surface area (Å²) in [7, 11) is 0. The maximum absolute atomic E-state index is 13.8. The molecule has 4 aromatic rings. The van der Waals surface area contributed by atoms with E-state index >= 15 is 0 Å². The Hall–Kier alpha value is -5.76. The van der Waals surface area contributed by atoms with E-state index < -0.39 is 11.2 Å². The Labute approximate surface area is 447 Å². The molecule has 0 saturated carbocycles. The molecule has 2 amide bonds. The van der Waals surface area contributed by atoms with Crippen LogP contribution in [-0.2, 0) is 54.3 Å². The molecule has 1 saturated heterocycles. The van der Waals surface area contributed by atoms with Gasteiger partial charge in [-0.25, -0.2) is 0 Å². The van der Waals surface area contributed by atoms with Crippen molar-refractivity contribution in [2.45, 2.75) is 84.8 Å². The SMILES string of the molecule is CC(C)(C)OC(=O)CCN1CCN(CC(=O)NCCN(CCc2ccccn2)CCc2ccccn2)CCN(CC(=O)OC(C)(C)C)CCN(CC(=O)NCCN(CCc2ccccn2)CCc2ccccn2)CC1. The molecule has 0 bridgehead atoms. The van der Waals surface area contributed by atoms with Crippen molar-refractivity contribution in [3.63, 3.8) is 0 Å². The molecule has 5 heterocycles. The van der Waals surface area contributed by atoms with Gasteiger partial charge in [0.1, 0.15) is 11.2 Å². The lowest BCUT2D eigenvalue weighted by Gasteiger charge is -2.34. The Kier molecular flexibility index (Phi) is 26.2. The second kappa shape index (κ2) is 32.6. The van der Waals surface area contributed by atoms with Gasteiger partial charge in [-0.05, 0) is 90.1 Å². The predicted octanol–water partition coefficient (Wildman–Crippen LogP) is 3.67. The number of nitrogens with zero attached hydrogens (tertiary/aromatic N) is 10. The fraction of sp³-hybridized carbons (Fsp3) is 0.579. The van der Waals surface area contributed by atoms with Gasteiger partial charge in [0.05, 0.1) is 26.1 Å². The van der Waals surface area contributed by atoms with E-state index in [4.69, 9.17) is 9.47 Å². The third kappa shape index (κ3) is 27.0. The number of hydrogen-bond donors (Lipinski definition) is 2. The van der Waals surface area contributed by atoms with E-state index in [1.54, 1.807) is 0 Å². The lowest BCUT2D eigenvalue weighted by molar-refractivity contribution is -0.157. The summed E-state index contributed by atoms with van der Waals surface area (Å²) in [5, 5.41) is 6.38. The van der Waals surface area contributed by atoms with Crippen LogP contribution in [0.2, 0.25) is 0 Å². The van der Waals surface area contributed by atoms with Crippen molar-refractivity contribution < 1.29 is 28.7 Å². The molecular formula is C57H86N12O6. The van der Waals surface area contributed by atoms with Crippen molar-refractivity contribution >= 4 is 23.8 Å². The van der Waals surface area contributed by atoms with Gasteiger partial charge in [-0.1, -0.05) is 24.3 Å². The largest absolute Gasteiger partial charge is 0.460 e. The average Bonchev–Trinajstić information content (AvgIpc) is 3.37. The zero-order valence-electron chi connectivity index (χ0n) is 45.8. The molecule has 0 radical (unpaired) electrons. The highest BCUT2D eigenvalue weighted by atomic mass is 16.6. The van der Waals surface area contributed by atoms with Crippen molar-refractivity contribution in [1.29, 1.82) is 0 Å². The van der Waals surface area contributed by atoms with Crippen molar-refractivity contribution in [3.05, 3.63) is 120 Å². The number of rotatable bonds is 27. The molecule has 1 aliphatic heterocycles. The molecule has 410 valence electrons. The number of ether oxygens (including phenoxy) is 2. The lowest BCUT2D eigenvalue weighted by Crippen LogP contribution is -2.50. The summed E-state index contributed by atoms with van der Waals surface area (Å²) in [5.74, 6) is -0.778.